The van der Waals surface area contributed by atoms with Gasteiger partial charge in [-0.15, -0.1) is 0 Å². The maximum Gasteiger partial charge on any atom is 0.325 e. The number of nitrogens with one attached hydrogen (secondary N) is 1. The van der Waals surface area contributed by atoms with E-state index in [0.717, 1.165) is 10.0 Å². The van der Waals surface area contributed by atoms with Gasteiger partial charge in [-0.1, -0.05) is 15.9 Å². The van der Waals surface area contributed by atoms with Gasteiger partial charge in [-0.05, 0) is 36.8 Å². The number of imide groups is 1. The Morgan fingerprint density at radius 3 is 2.64 bits per heavy atom. The molecule has 0 saturated carbocycles. The second-order valence-corrected chi connectivity index (χ2v) is 6.87. The van der Waals surface area contributed by atoms with Gasteiger partial charge in [-0.2, -0.15) is 0 Å². The molecule has 1 aromatic heterocycles. The van der Waals surface area contributed by atoms with Crippen molar-refractivity contribution in [2.75, 3.05) is 13.2 Å². The van der Waals surface area contributed by atoms with Crippen LogP contribution in [0.4, 0.5) is 4.79 Å². The van der Waals surface area contributed by atoms with Crippen molar-refractivity contribution in [1.82, 2.24) is 10.2 Å². The molecule has 0 unspecified atom stereocenters. The van der Waals surface area contributed by atoms with Crippen LogP contribution in [-0.4, -0.2) is 30.1 Å². The molecule has 25 heavy (non-hydrogen) atoms. The summed E-state index contributed by atoms with van der Waals surface area (Å²) in [5, 5.41) is 2.71. The van der Waals surface area contributed by atoms with E-state index in [0.29, 0.717) is 30.5 Å². The van der Waals surface area contributed by atoms with E-state index in [9.17, 15) is 9.59 Å². The molecule has 130 valence electrons. The molecular weight excluding hydrogens is 392 g/mol. The molecule has 0 spiro atoms. The first kappa shape index (κ1) is 16.0. The highest BCUT2D eigenvalue weighted by molar-refractivity contribution is 9.10. The van der Waals surface area contributed by atoms with Crippen molar-refractivity contribution in [1.29, 1.82) is 0 Å². The average molecular weight is 407 g/mol. The van der Waals surface area contributed by atoms with Gasteiger partial charge < -0.3 is 19.2 Å². The van der Waals surface area contributed by atoms with Crippen LogP contribution in [0, 0.1) is 0 Å². The van der Waals surface area contributed by atoms with Crippen LogP contribution in [0.1, 0.15) is 18.2 Å². The Bertz CT molecular complexity index is 851. The van der Waals surface area contributed by atoms with E-state index in [2.05, 4.69) is 21.2 Å². The average Bonchev–Trinajstić information content (AvgIpc) is 3.20. The number of carbonyl (C=O) groups excluding carboxylic acids is 2. The SMILES string of the molecule is C[C@]1(c2ccco2)NC(=O)N(Cc2cc3c(cc2Br)OCCO3)C1=O. The number of amides is 3. The van der Waals surface area contributed by atoms with Crippen molar-refractivity contribution in [2.24, 2.45) is 0 Å². The van der Waals surface area contributed by atoms with Gasteiger partial charge in [0.2, 0.25) is 0 Å². The lowest BCUT2D eigenvalue weighted by Crippen LogP contribution is -2.40. The number of halogens is 1. The molecule has 1 N–H and O–H groups in total. The van der Waals surface area contributed by atoms with Gasteiger partial charge in [0.15, 0.2) is 17.0 Å². The lowest BCUT2D eigenvalue weighted by molar-refractivity contribution is -0.132. The number of rotatable bonds is 3. The molecule has 0 aliphatic carbocycles. The molecule has 2 aliphatic heterocycles. The molecule has 2 aliphatic rings. The molecule has 0 bridgehead atoms. The molecule has 2 aromatic rings. The molecule has 1 fully saturated rings. The quantitative estimate of drug-likeness (QED) is 0.792. The summed E-state index contributed by atoms with van der Waals surface area (Å²) >= 11 is 3.47. The Morgan fingerprint density at radius 1 is 1.24 bits per heavy atom. The molecular formula is C17H15BrN2O5. The zero-order valence-corrected chi connectivity index (χ0v) is 15.0. The normalized spacial score (nSPS) is 22.2. The minimum Gasteiger partial charge on any atom is -0.486 e. The second kappa shape index (κ2) is 5.80. The van der Waals surface area contributed by atoms with Gasteiger partial charge in [0.25, 0.3) is 5.91 Å². The monoisotopic (exact) mass is 406 g/mol. The van der Waals surface area contributed by atoms with Gasteiger partial charge >= 0.3 is 6.03 Å². The fraction of sp³-hybridized carbons (Fsp3) is 0.294. The maximum atomic E-state index is 12.9. The highest BCUT2D eigenvalue weighted by Gasteiger charge is 2.51. The lowest BCUT2D eigenvalue weighted by atomic mass is 9.99. The zero-order chi connectivity index (χ0) is 17.6. The van der Waals surface area contributed by atoms with Crippen LogP contribution in [-0.2, 0) is 16.9 Å². The predicted molar refractivity (Wildman–Crippen MR) is 90.3 cm³/mol. The zero-order valence-electron chi connectivity index (χ0n) is 13.4. The first-order valence-electron chi connectivity index (χ1n) is 7.75. The number of urea groups is 1. The second-order valence-electron chi connectivity index (χ2n) is 6.01. The van der Waals surface area contributed by atoms with Crippen LogP contribution >= 0.6 is 15.9 Å². The summed E-state index contributed by atoms with van der Waals surface area (Å²) in [6, 6.07) is 6.45. The number of nitrogens with zero attached hydrogens (tertiary/aromatic N) is 1. The van der Waals surface area contributed by atoms with Gasteiger partial charge in [0, 0.05) is 4.47 Å². The molecule has 3 amide bonds. The highest BCUT2D eigenvalue weighted by Crippen LogP contribution is 2.37. The van der Waals surface area contributed by atoms with Crippen molar-refractivity contribution in [3.05, 3.63) is 46.3 Å². The third-order valence-electron chi connectivity index (χ3n) is 4.33. The molecule has 7 nitrogen and oxygen atoms in total. The van der Waals surface area contributed by atoms with Gasteiger partial charge in [0.05, 0.1) is 12.8 Å². The van der Waals surface area contributed by atoms with Crippen molar-refractivity contribution >= 4 is 27.9 Å². The Morgan fingerprint density at radius 2 is 1.96 bits per heavy atom. The van der Waals surface area contributed by atoms with Gasteiger partial charge in [-0.25, -0.2) is 4.79 Å². The number of hydrogen-bond acceptors (Lipinski definition) is 5. The molecule has 1 saturated heterocycles. The summed E-state index contributed by atoms with van der Waals surface area (Å²) in [6.45, 7) is 2.70. The summed E-state index contributed by atoms with van der Waals surface area (Å²) < 4.78 is 17.2. The number of carbonyl (C=O) groups is 2. The maximum absolute atomic E-state index is 12.9. The fourth-order valence-corrected chi connectivity index (χ4v) is 3.42. The Labute approximate surface area is 152 Å². The van der Waals surface area contributed by atoms with Gasteiger partial charge in [-0.3, -0.25) is 9.69 Å². The van der Waals surface area contributed by atoms with Gasteiger partial charge in [0.1, 0.15) is 19.0 Å². The van der Waals surface area contributed by atoms with Crippen LogP contribution in [0.5, 0.6) is 11.5 Å². The smallest absolute Gasteiger partial charge is 0.325 e. The number of ether oxygens (including phenoxy) is 2. The summed E-state index contributed by atoms with van der Waals surface area (Å²) in [7, 11) is 0. The minimum atomic E-state index is -1.21. The molecule has 1 aromatic carbocycles. The van der Waals surface area contributed by atoms with Crippen LogP contribution in [0.15, 0.2) is 39.4 Å². The summed E-state index contributed by atoms with van der Waals surface area (Å²) in [4.78, 5) is 26.4. The molecule has 1 atom stereocenters. The van der Waals surface area contributed by atoms with E-state index < -0.39 is 11.6 Å². The van der Waals surface area contributed by atoms with E-state index in [4.69, 9.17) is 13.9 Å². The molecule has 4 rings (SSSR count). The van der Waals surface area contributed by atoms with E-state index in [1.165, 1.54) is 11.2 Å². The van der Waals surface area contributed by atoms with Crippen LogP contribution in [0.2, 0.25) is 0 Å². The summed E-state index contributed by atoms with van der Waals surface area (Å²) in [5.74, 6) is 1.27. The number of fused-ring (bicyclic) bond motifs is 1. The Kier molecular flexibility index (Phi) is 3.72. The Balaban J connectivity index is 1.63. The largest absolute Gasteiger partial charge is 0.486 e. The first-order chi connectivity index (χ1) is 12.0. The van der Waals surface area contributed by atoms with Crippen molar-refractivity contribution < 1.29 is 23.5 Å². The number of hydrogen-bond donors (Lipinski definition) is 1. The van der Waals surface area contributed by atoms with Crippen LogP contribution < -0.4 is 14.8 Å². The third kappa shape index (κ3) is 2.57. The number of furan rings is 1. The van der Waals surface area contributed by atoms with Crippen molar-refractivity contribution in [3.63, 3.8) is 0 Å². The molecule has 3 heterocycles. The van der Waals surface area contributed by atoms with Crippen molar-refractivity contribution in [2.45, 2.75) is 19.0 Å². The summed E-state index contributed by atoms with van der Waals surface area (Å²) in [6.07, 6.45) is 1.47. The minimum absolute atomic E-state index is 0.109. The van der Waals surface area contributed by atoms with Crippen LogP contribution in [0.3, 0.4) is 0 Å². The molecule has 0 radical (unpaired) electrons. The predicted octanol–water partition coefficient (Wildman–Crippen LogP) is 2.78. The van der Waals surface area contributed by atoms with Crippen LogP contribution in [0.25, 0.3) is 0 Å². The lowest BCUT2D eigenvalue weighted by Gasteiger charge is -2.22. The fourth-order valence-electron chi connectivity index (χ4n) is 2.97. The first-order valence-corrected chi connectivity index (χ1v) is 8.54. The van der Waals surface area contributed by atoms with Crippen molar-refractivity contribution in [3.8, 4) is 11.5 Å². The topological polar surface area (TPSA) is 81.0 Å². The van der Waals surface area contributed by atoms with E-state index >= 15 is 0 Å². The standard InChI is InChI=1S/C17H15BrN2O5/c1-17(14-3-2-4-25-14)15(21)20(16(22)19-17)9-10-7-12-13(8-11(10)18)24-6-5-23-12/h2-4,7-8H,5-6,9H2,1H3,(H,19,22)/t17-/m1/s1. The third-order valence-corrected chi connectivity index (χ3v) is 5.07. The number of benzene rings is 1. The van der Waals surface area contributed by atoms with E-state index in [-0.39, 0.29) is 12.5 Å². The highest BCUT2D eigenvalue weighted by atomic mass is 79.9. The molecule has 8 heteroatoms. The van der Waals surface area contributed by atoms with E-state index in [1.54, 1.807) is 31.2 Å². The summed E-state index contributed by atoms with van der Waals surface area (Å²) in [5.41, 5.74) is -0.461. The Hall–Kier alpha value is -2.48. The van der Waals surface area contributed by atoms with E-state index in [1.807, 2.05) is 0 Å².